The van der Waals surface area contributed by atoms with Gasteiger partial charge in [-0.3, -0.25) is 14.8 Å². The fraction of sp³-hybridized carbons (Fsp3) is 0.182. The van der Waals surface area contributed by atoms with Gasteiger partial charge in [-0.05, 0) is 6.07 Å². The van der Waals surface area contributed by atoms with Crippen LogP contribution in [0.5, 0.6) is 0 Å². The highest BCUT2D eigenvalue weighted by Gasteiger charge is 2.13. The molecule has 1 aromatic heterocycles. The topological polar surface area (TPSA) is 73.0 Å². The lowest BCUT2D eigenvalue weighted by atomic mass is 10.2. The van der Waals surface area contributed by atoms with Crippen LogP contribution in [0.3, 0.4) is 0 Å². The SMILES string of the molecule is Cn1cc(CNc2ccc([N+](=O)[O-])c(F)c2)cn1. The number of aryl methyl sites for hydroxylation is 1. The standard InChI is InChI=1S/C11H11FN4O2/c1-15-7-8(6-14-15)5-13-9-2-3-11(16(17)18)10(12)4-9/h2-4,6-7,13H,5H2,1H3. The van der Waals surface area contributed by atoms with Gasteiger partial charge in [-0.15, -0.1) is 0 Å². The number of aromatic nitrogens is 2. The van der Waals surface area contributed by atoms with Crippen molar-refractivity contribution in [2.45, 2.75) is 6.54 Å². The first-order chi connectivity index (χ1) is 8.56. The van der Waals surface area contributed by atoms with Crippen molar-refractivity contribution in [3.8, 4) is 0 Å². The van der Waals surface area contributed by atoms with Gasteiger partial charge in [0.05, 0.1) is 11.1 Å². The zero-order valence-corrected chi connectivity index (χ0v) is 9.63. The van der Waals surface area contributed by atoms with Crippen molar-refractivity contribution in [2.75, 3.05) is 5.32 Å². The Hall–Kier alpha value is -2.44. The molecule has 0 atom stereocenters. The second-order valence-electron chi connectivity index (χ2n) is 3.80. The summed E-state index contributed by atoms with van der Waals surface area (Å²) in [5.41, 5.74) is 0.903. The molecule has 1 N–H and O–H groups in total. The molecule has 94 valence electrons. The van der Waals surface area contributed by atoms with Crippen molar-refractivity contribution in [1.82, 2.24) is 9.78 Å². The van der Waals surface area contributed by atoms with E-state index in [1.165, 1.54) is 6.07 Å². The van der Waals surface area contributed by atoms with Gasteiger partial charge >= 0.3 is 5.69 Å². The van der Waals surface area contributed by atoms with Crippen LogP contribution in [0.1, 0.15) is 5.56 Å². The van der Waals surface area contributed by atoms with Crippen molar-refractivity contribution in [1.29, 1.82) is 0 Å². The molecule has 0 radical (unpaired) electrons. The fourth-order valence-electron chi connectivity index (χ4n) is 1.53. The van der Waals surface area contributed by atoms with Gasteiger partial charge in [0.25, 0.3) is 0 Å². The maximum Gasteiger partial charge on any atom is 0.304 e. The van der Waals surface area contributed by atoms with E-state index in [2.05, 4.69) is 10.4 Å². The highest BCUT2D eigenvalue weighted by atomic mass is 19.1. The van der Waals surface area contributed by atoms with E-state index in [4.69, 9.17) is 0 Å². The lowest BCUT2D eigenvalue weighted by molar-refractivity contribution is -0.387. The van der Waals surface area contributed by atoms with Crippen molar-refractivity contribution in [3.05, 3.63) is 52.1 Å². The predicted molar refractivity (Wildman–Crippen MR) is 63.6 cm³/mol. The molecular formula is C11H11FN4O2. The summed E-state index contributed by atoms with van der Waals surface area (Å²) >= 11 is 0. The minimum absolute atomic E-state index is 0.477. The predicted octanol–water partition coefficient (Wildman–Crippen LogP) is 2.08. The average Bonchev–Trinajstić information content (AvgIpc) is 2.72. The lowest BCUT2D eigenvalue weighted by Gasteiger charge is -2.04. The van der Waals surface area contributed by atoms with Gasteiger partial charge in [0.2, 0.25) is 5.82 Å². The molecule has 0 spiro atoms. The summed E-state index contributed by atoms with van der Waals surface area (Å²) in [4.78, 5) is 9.70. The second-order valence-corrected chi connectivity index (χ2v) is 3.80. The summed E-state index contributed by atoms with van der Waals surface area (Å²) in [5, 5.41) is 17.4. The largest absolute Gasteiger partial charge is 0.381 e. The van der Waals surface area contributed by atoms with E-state index in [0.717, 1.165) is 17.7 Å². The molecule has 6 nitrogen and oxygen atoms in total. The van der Waals surface area contributed by atoms with Gasteiger partial charge in [-0.2, -0.15) is 9.49 Å². The zero-order chi connectivity index (χ0) is 13.1. The van der Waals surface area contributed by atoms with Crippen molar-refractivity contribution in [3.63, 3.8) is 0 Å². The van der Waals surface area contributed by atoms with E-state index >= 15 is 0 Å². The Morgan fingerprint density at radius 1 is 1.56 bits per heavy atom. The molecule has 0 saturated heterocycles. The van der Waals surface area contributed by atoms with Crippen molar-refractivity contribution in [2.24, 2.45) is 7.05 Å². The number of hydrogen-bond donors (Lipinski definition) is 1. The zero-order valence-electron chi connectivity index (χ0n) is 9.63. The van der Waals surface area contributed by atoms with Crippen LogP contribution in [-0.2, 0) is 13.6 Å². The van der Waals surface area contributed by atoms with E-state index in [1.54, 1.807) is 17.9 Å². The van der Waals surface area contributed by atoms with Gasteiger partial charge in [0, 0.05) is 43.2 Å². The molecule has 0 saturated carbocycles. The molecule has 0 aliphatic rings. The highest BCUT2D eigenvalue weighted by molar-refractivity contribution is 5.49. The summed E-state index contributed by atoms with van der Waals surface area (Å²) in [6, 6.07) is 3.72. The van der Waals surface area contributed by atoms with Gasteiger partial charge in [0.15, 0.2) is 0 Å². The Morgan fingerprint density at radius 2 is 2.33 bits per heavy atom. The van der Waals surface area contributed by atoms with Crippen molar-refractivity contribution >= 4 is 11.4 Å². The Morgan fingerprint density at radius 3 is 2.89 bits per heavy atom. The Balaban J connectivity index is 2.06. The number of hydrogen-bond acceptors (Lipinski definition) is 4. The van der Waals surface area contributed by atoms with E-state index < -0.39 is 16.4 Å². The smallest absolute Gasteiger partial charge is 0.304 e. The van der Waals surface area contributed by atoms with Crippen LogP contribution >= 0.6 is 0 Å². The Kier molecular flexibility index (Phi) is 3.22. The molecule has 0 amide bonds. The number of rotatable bonds is 4. The molecule has 18 heavy (non-hydrogen) atoms. The fourth-order valence-corrected chi connectivity index (χ4v) is 1.53. The first-order valence-electron chi connectivity index (χ1n) is 5.21. The first-order valence-corrected chi connectivity index (χ1v) is 5.21. The minimum atomic E-state index is -0.851. The number of nitrogens with one attached hydrogen (secondary N) is 1. The summed E-state index contributed by atoms with van der Waals surface area (Å²) in [6.07, 6.45) is 3.52. The summed E-state index contributed by atoms with van der Waals surface area (Å²) in [5.74, 6) is -0.851. The maximum absolute atomic E-state index is 13.3. The van der Waals surface area contributed by atoms with E-state index in [9.17, 15) is 14.5 Å². The number of nitro groups is 1. The number of halogens is 1. The lowest BCUT2D eigenvalue weighted by Crippen LogP contribution is -2.00. The molecule has 0 bridgehead atoms. The monoisotopic (exact) mass is 250 g/mol. The third-order valence-electron chi connectivity index (χ3n) is 2.40. The molecule has 0 fully saturated rings. The maximum atomic E-state index is 13.3. The normalized spacial score (nSPS) is 10.3. The quantitative estimate of drug-likeness (QED) is 0.666. The summed E-state index contributed by atoms with van der Waals surface area (Å²) < 4.78 is 15.0. The Labute approximate surface area is 102 Å². The number of benzene rings is 1. The third-order valence-corrected chi connectivity index (χ3v) is 2.40. The first kappa shape index (κ1) is 12.0. The van der Waals surface area contributed by atoms with Crippen molar-refractivity contribution < 1.29 is 9.31 Å². The molecule has 2 rings (SSSR count). The van der Waals surface area contributed by atoms with Crippen LogP contribution in [0.25, 0.3) is 0 Å². The molecule has 1 heterocycles. The number of anilines is 1. The van der Waals surface area contributed by atoms with Gasteiger partial charge < -0.3 is 5.32 Å². The van der Waals surface area contributed by atoms with Crippen LogP contribution in [0.4, 0.5) is 15.8 Å². The molecule has 0 aliphatic carbocycles. The van der Waals surface area contributed by atoms with Crippen LogP contribution in [0, 0.1) is 15.9 Å². The second kappa shape index (κ2) is 4.82. The number of nitrogens with zero attached hydrogens (tertiary/aromatic N) is 3. The van der Waals surface area contributed by atoms with Crippen LogP contribution in [-0.4, -0.2) is 14.7 Å². The highest BCUT2D eigenvalue weighted by Crippen LogP contribution is 2.21. The van der Waals surface area contributed by atoms with Gasteiger partial charge in [0.1, 0.15) is 0 Å². The summed E-state index contributed by atoms with van der Waals surface area (Å²) in [7, 11) is 1.80. The van der Waals surface area contributed by atoms with Crippen LogP contribution in [0.2, 0.25) is 0 Å². The van der Waals surface area contributed by atoms with Crippen LogP contribution in [0.15, 0.2) is 30.6 Å². The minimum Gasteiger partial charge on any atom is -0.381 e. The average molecular weight is 250 g/mol. The third kappa shape index (κ3) is 2.62. The van der Waals surface area contributed by atoms with Gasteiger partial charge in [-0.1, -0.05) is 0 Å². The van der Waals surface area contributed by atoms with E-state index in [-0.39, 0.29) is 0 Å². The van der Waals surface area contributed by atoms with Crippen LogP contribution < -0.4 is 5.32 Å². The molecule has 2 aromatic rings. The molecular weight excluding hydrogens is 239 g/mol. The molecule has 7 heteroatoms. The number of nitro benzene ring substituents is 1. The van der Waals surface area contributed by atoms with E-state index in [1.807, 2.05) is 6.20 Å². The molecule has 0 aliphatic heterocycles. The Bertz CT molecular complexity index is 582. The van der Waals surface area contributed by atoms with Gasteiger partial charge in [-0.25, -0.2) is 0 Å². The molecule has 1 aromatic carbocycles. The van der Waals surface area contributed by atoms with E-state index in [0.29, 0.717) is 12.2 Å². The summed E-state index contributed by atoms with van der Waals surface area (Å²) in [6.45, 7) is 0.477. The molecule has 0 unspecified atom stereocenters.